The Bertz CT molecular complexity index is 600. The molecular formula is C17H25N3O5. The third-order valence-electron chi connectivity index (χ3n) is 4.26. The Hall–Kier alpha value is -2.64. The van der Waals surface area contributed by atoms with Gasteiger partial charge in [0, 0.05) is 25.7 Å². The van der Waals surface area contributed by atoms with Crippen LogP contribution in [0.4, 0.5) is 15.3 Å². The molecule has 8 nitrogen and oxygen atoms in total. The summed E-state index contributed by atoms with van der Waals surface area (Å²) in [7, 11) is 4.49. The molecule has 138 valence electrons. The highest BCUT2D eigenvalue weighted by Gasteiger charge is 2.23. The Balaban J connectivity index is 1.79. The van der Waals surface area contributed by atoms with Crippen LogP contribution in [-0.4, -0.2) is 58.0 Å². The minimum absolute atomic E-state index is 0.293. The van der Waals surface area contributed by atoms with E-state index in [1.165, 1.54) is 14.2 Å². The van der Waals surface area contributed by atoms with Gasteiger partial charge in [0.25, 0.3) is 0 Å². The predicted octanol–water partition coefficient (Wildman–Crippen LogP) is 2.30. The van der Waals surface area contributed by atoms with Crippen molar-refractivity contribution in [2.24, 2.45) is 5.92 Å². The van der Waals surface area contributed by atoms with Crippen molar-refractivity contribution in [1.29, 1.82) is 0 Å². The highest BCUT2D eigenvalue weighted by molar-refractivity contribution is 5.91. The Morgan fingerprint density at radius 1 is 1.16 bits per heavy atom. The molecule has 1 aromatic rings. The quantitative estimate of drug-likeness (QED) is 0.850. The highest BCUT2D eigenvalue weighted by atomic mass is 16.5. The molecular weight excluding hydrogens is 326 g/mol. The lowest BCUT2D eigenvalue weighted by atomic mass is 9.97. The van der Waals surface area contributed by atoms with E-state index >= 15 is 0 Å². The molecule has 1 saturated heterocycles. The summed E-state index contributed by atoms with van der Waals surface area (Å²) in [6.45, 7) is 1.85. The Kier molecular flexibility index (Phi) is 6.73. The zero-order chi connectivity index (χ0) is 18.2. The standard InChI is InChI=1S/C17H25N3O5/c1-23-13-4-5-14(15(10-13)24-2)19-16(21)18-11-12-6-8-20(9-7-12)17(22)25-3/h4-5,10,12H,6-9,11H2,1-3H3,(H2,18,19,21). The van der Waals surface area contributed by atoms with Crippen LogP contribution >= 0.6 is 0 Å². The first-order valence-corrected chi connectivity index (χ1v) is 8.17. The van der Waals surface area contributed by atoms with E-state index in [4.69, 9.17) is 14.2 Å². The van der Waals surface area contributed by atoms with Gasteiger partial charge in [0.1, 0.15) is 11.5 Å². The monoisotopic (exact) mass is 351 g/mol. The van der Waals surface area contributed by atoms with Gasteiger partial charge in [-0.1, -0.05) is 0 Å². The van der Waals surface area contributed by atoms with E-state index in [-0.39, 0.29) is 12.1 Å². The zero-order valence-electron chi connectivity index (χ0n) is 14.8. The predicted molar refractivity (Wildman–Crippen MR) is 93.3 cm³/mol. The lowest BCUT2D eigenvalue weighted by Gasteiger charge is -2.30. The Labute approximate surface area is 147 Å². The van der Waals surface area contributed by atoms with Gasteiger partial charge in [-0.3, -0.25) is 0 Å². The number of amides is 3. The van der Waals surface area contributed by atoms with Crippen LogP contribution in [-0.2, 0) is 4.74 Å². The minimum atomic E-state index is -0.296. The van der Waals surface area contributed by atoms with Crippen molar-refractivity contribution in [1.82, 2.24) is 10.2 Å². The second kappa shape index (κ2) is 9.00. The molecule has 0 saturated carbocycles. The number of methoxy groups -OCH3 is 3. The molecule has 25 heavy (non-hydrogen) atoms. The second-order valence-electron chi connectivity index (χ2n) is 5.80. The molecule has 3 amide bonds. The number of nitrogens with one attached hydrogen (secondary N) is 2. The molecule has 1 aromatic carbocycles. The number of benzene rings is 1. The fourth-order valence-electron chi connectivity index (χ4n) is 2.75. The SMILES string of the molecule is COC(=O)N1CCC(CNC(=O)Nc2ccc(OC)cc2OC)CC1. The van der Waals surface area contributed by atoms with E-state index in [0.29, 0.717) is 42.7 Å². The number of carbonyl (C=O) groups excluding carboxylic acids is 2. The van der Waals surface area contributed by atoms with Crippen LogP contribution in [0, 0.1) is 5.92 Å². The molecule has 1 aliphatic heterocycles. The van der Waals surface area contributed by atoms with Crippen LogP contribution in [0.25, 0.3) is 0 Å². The third kappa shape index (κ3) is 5.17. The van der Waals surface area contributed by atoms with Crippen molar-refractivity contribution in [3.05, 3.63) is 18.2 Å². The Morgan fingerprint density at radius 2 is 1.88 bits per heavy atom. The van der Waals surface area contributed by atoms with Gasteiger partial charge >= 0.3 is 12.1 Å². The van der Waals surface area contributed by atoms with Crippen molar-refractivity contribution >= 4 is 17.8 Å². The van der Waals surface area contributed by atoms with Crippen molar-refractivity contribution in [3.8, 4) is 11.5 Å². The number of piperidine rings is 1. The van der Waals surface area contributed by atoms with E-state index in [2.05, 4.69) is 10.6 Å². The van der Waals surface area contributed by atoms with Crippen LogP contribution in [0.2, 0.25) is 0 Å². The number of carbonyl (C=O) groups is 2. The topological polar surface area (TPSA) is 89.1 Å². The summed E-state index contributed by atoms with van der Waals surface area (Å²) in [5, 5.41) is 5.64. The number of likely N-dealkylation sites (tertiary alicyclic amines) is 1. The molecule has 1 fully saturated rings. The molecule has 0 aromatic heterocycles. The van der Waals surface area contributed by atoms with Crippen LogP contribution < -0.4 is 20.1 Å². The van der Waals surface area contributed by atoms with E-state index in [1.54, 1.807) is 30.2 Å². The maximum Gasteiger partial charge on any atom is 0.409 e. The van der Waals surface area contributed by atoms with Crippen LogP contribution in [0.5, 0.6) is 11.5 Å². The molecule has 0 atom stereocenters. The lowest BCUT2D eigenvalue weighted by molar-refractivity contribution is 0.106. The first-order chi connectivity index (χ1) is 12.1. The van der Waals surface area contributed by atoms with Crippen molar-refractivity contribution in [3.63, 3.8) is 0 Å². The summed E-state index contributed by atoms with van der Waals surface area (Å²) >= 11 is 0. The van der Waals surface area contributed by atoms with Crippen molar-refractivity contribution in [2.75, 3.05) is 46.3 Å². The summed E-state index contributed by atoms with van der Waals surface area (Å²) < 4.78 is 15.1. The number of nitrogens with zero attached hydrogens (tertiary/aromatic N) is 1. The first kappa shape index (κ1) is 18.7. The molecule has 8 heteroatoms. The molecule has 2 N–H and O–H groups in total. The summed E-state index contributed by atoms with van der Waals surface area (Å²) in [6.07, 6.45) is 1.37. The average molecular weight is 351 g/mol. The van der Waals surface area contributed by atoms with E-state index in [9.17, 15) is 9.59 Å². The van der Waals surface area contributed by atoms with Gasteiger partial charge in [0.05, 0.1) is 27.0 Å². The van der Waals surface area contributed by atoms with Gasteiger partial charge in [-0.05, 0) is 30.9 Å². The van der Waals surface area contributed by atoms with E-state index in [0.717, 1.165) is 12.8 Å². The van der Waals surface area contributed by atoms with Crippen molar-refractivity contribution < 1.29 is 23.8 Å². The molecule has 1 heterocycles. The molecule has 0 aliphatic carbocycles. The number of urea groups is 1. The molecule has 0 unspecified atom stereocenters. The van der Waals surface area contributed by atoms with E-state index in [1.807, 2.05) is 0 Å². The summed E-state index contributed by atoms with van der Waals surface area (Å²) in [5.41, 5.74) is 0.571. The van der Waals surface area contributed by atoms with Crippen LogP contribution in [0.3, 0.4) is 0 Å². The van der Waals surface area contributed by atoms with Gasteiger partial charge in [-0.2, -0.15) is 0 Å². The summed E-state index contributed by atoms with van der Waals surface area (Å²) in [5.74, 6) is 1.52. The second-order valence-corrected chi connectivity index (χ2v) is 5.80. The molecule has 0 bridgehead atoms. The first-order valence-electron chi connectivity index (χ1n) is 8.17. The molecule has 2 rings (SSSR count). The van der Waals surface area contributed by atoms with Crippen molar-refractivity contribution in [2.45, 2.75) is 12.8 Å². The van der Waals surface area contributed by atoms with Gasteiger partial charge in [0.15, 0.2) is 0 Å². The molecule has 1 aliphatic rings. The maximum absolute atomic E-state index is 12.1. The van der Waals surface area contributed by atoms with Crippen LogP contribution in [0.15, 0.2) is 18.2 Å². The number of anilines is 1. The number of ether oxygens (including phenoxy) is 3. The normalized spacial score (nSPS) is 14.6. The fourth-order valence-corrected chi connectivity index (χ4v) is 2.75. The van der Waals surface area contributed by atoms with Gasteiger partial charge < -0.3 is 29.7 Å². The van der Waals surface area contributed by atoms with E-state index < -0.39 is 0 Å². The number of hydrogen-bond donors (Lipinski definition) is 2. The molecule has 0 spiro atoms. The lowest BCUT2D eigenvalue weighted by Crippen LogP contribution is -2.42. The highest BCUT2D eigenvalue weighted by Crippen LogP contribution is 2.28. The number of rotatable bonds is 5. The van der Waals surface area contributed by atoms with Gasteiger partial charge in [-0.25, -0.2) is 9.59 Å². The van der Waals surface area contributed by atoms with Gasteiger partial charge in [-0.15, -0.1) is 0 Å². The fraction of sp³-hybridized carbons (Fsp3) is 0.529. The zero-order valence-corrected chi connectivity index (χ0v) is 14.8. The average Bonchev–Trinajstić information content (AvgIpc) is 2.66. The maximum atomic E-state index is 12.1. The van der Waals surface area contributed by atoms with Gasteiger partial charge in [0.2, 0.25) is 0 Å². The Morgan fingerprint density at radius 3 is 2.48 bits per heavy atom. The van der Waals surface area contributed by atoms with Crippen LogP contribution in [0.1, 0.15) is 12.8 Å². The summed E-state index contributed by atoms with van der Waals surface area (Å²) in [4.78, 5) is 25.2. The number of hydrogen-bond acceptors (Lipinski definition) is 5. The molecule has 0 radical (unpaired) electrons. The largest absolute Gasteiger partial charge is 0.497 e. The minimum Gasteiger partial charge on any atom is -0.497 e. The smallest absolute Gasteiger partial charge is 0.409 e. The summed E-state index contributed by atoms with van der Waals surface area (Å²) in [6, 6.07) is 4.89. The third-order valence-corrected chi connectivity index (χ3v) is 4.26.